The van der Waals surface area contributed by atoms with E-state index in [-0.39, 0.29) is 0 Å². The molecule has 0 aliphatic heterocycles. The average molecular weight is 303 g/mol. The highest BCUT2D eigenvalue weighted by Gasteiger charge is 2.09. The zero-order valence-electron chi connectivity index (χ0n) is 9.96. The summed E-state index contributed by atoms with van der Waals surface area (Å²) in [5.41, 5.74) is 2.27. The fraction of sp³-hybridized carbons (Fsp3) is 0. The number of nitrogens with one attached hydrogen (secondary N) is 2. The highest BCUT2D eigenvalue weighted by molar-refractivity contribution is 7.22. The molecule has 4 aromatic rings. The zero-order chi connectivity index (χ0) is 13.5. The van der Waals surface area contributed by atoms with E-state index in [1.54, 1.807) is 6.33 Å². The molecule has 3 aromatic heterocycles. The van der Waals surface area contributed by atoms with E-state index >= 15 is 0 Å². The molecule has 1 aromatic carbocycles. The van der Waals surface area contributed by atoms with Gasteiger partial charge in [-0.25, -0.2) is 19.9 Å². The van der Waals surface area contributed by atoms with E-state index in [0.717, 1.165) is 20.9 Å². The Labute approximate surface area is 121 Å². The lowest BCUT2D eigenvalue weighted by molar-refractivity contribution is 1.19. The summed E-state index contributed by atoms with van der Waals surface area (Å²) in [7, 11) is 0. The molecule has 2 N–H and O–H groups in total. The second kappa shape index (κ2) is 4.39. The number of nitrogens with zero attached hydrogens (tertiary/aromatic N) is 4. The van der Waals surface area contributed by atoms with Crippen LogP contribution < -0.4 is 5.32 Å². The van der Waals surface area contributed by atoms with E-state index in [1.165, 1.54) is 17.7 Å². The second-order valence-corrected chi connectivity index (χ2v) is 5.55. The number of aromatic nitrogens is 5. The van der Waals surface area contributed by atoms with Crippen molar-refractivity contribution < 1.29 is 0 Å². The van der Waals surface area contributed by atoms with Crippen molar-refractivity contribution in [3.8, 4) is 0 Å². The third kappa shape index (κ3) is 1.87. The Morgan fingerprint density at radius 3 is 3.10 bits per heavy atom. The van der Waals surface area contributed by atoms with Gasteiger partial charge >= 0.3 is 0 Å². The minimum absolute atomic E-state index is 0.617. The number of thiazole rings is 1. The Bertz CT molecular complexity index is 915. The van der Waals surface area contributed by atoms with Gasteiger partial charge in [-0.1, -0.05) is 22.9 Å². The van der Waals surface area contributed by atoms with Gasteiger partial charge in [-0.05, 0) is 18.2 Å². The first-order chi connectivity index (χ1) is 9.79. The summed E-state index contributed by atoms with van der Waals surface area (Å²) in [6.45, 7) is 0. The molecule has 0 aliphatic rings. The van der Waals surface area contributed by atoms with Crippen LogP contribution in [0.2, 0.25) is 5.02 Å². The average Bonchev–Trinajstić information content (AvgIpc) is 3.04. The Balaban J connectivity index is 1.78. The number of H-pyrrole nitrogens is 1. The van der Waals surface area contributed by atoms with E-state index in [0.29, 0.717) is 16.5 Å². The molecule has 0 radical (unpaired) electrons. The van der Waals surface area contributed by atoms with Crippen LogP contribution in [0.3, 0.4) is 0 Å². The number of halogens is 1. The van der Waals surface area contributed by atoms with Crippen LogP contribution in [0.15, 0.2) is 30.9 Å². The Morgan fingerprint density at radius 1 is 1.20 bits per heavy atom. The zero-order valence-corrected chi connectivity index (χ0v) is 11.5. The maximum absolute atomic E-state index is 5.98. The number of benzene rings is 1. The normalized spacial score (nSPS) is 11.2. The smallest absolute Gasteiger partial charge is 0.189 e. The van der Waals surface area contributed by atoms with Crippen LogP contribution in [0.4, 0.5) is 10.9 Å². The Kier molecular flexibility index (Phi) is 2.54. The van der Waals surface area contributed by atoms with Gasteiger partial charge < -0.3 is 10.3 Å². The third-order valence-electron chi connectivity index (χ3n) is 2.80. The van der Waals surface area contributed by atoms with Crippen molar-refractivity contribution in [2.45, 2.75) is 0 Å². The standard InChI is InChI=1S/C12H7ClN6S/c13-6-1-2-7-8(3-6)20-12(18-7)19-11-9-10(15-4-14-9)16-5-17-11/h1-5H,(H2,14,15,16,17,18,19). The monoisotopic (exact) mass is 302 g/mol. The molecular formula is C12H7ClN6S. The highest BCUT2D eigenvalue weighted by atomic mass is 35.5. The summed E-state index contributed by atoms with van der Waals surface area (Å²) < 4.78 is 1.02. The van der Waals surface area contributed by atoms with Gasteiger partial charge in [0.25, 0.3) is 0 Å². The van der Waals surface area contributed by atoms with Gasteiger partial charge in [0, 0.05) is 5.02 Å². The first-order valence-electron chi connectivity index (χ1n) is 5.77. The number of fused-ring (bicyclic) bond motifs is 2. The number of hydrogen-bond donors (Lipinski definition) is 2. The van der Waals surface area contributed by atoms with Crippen molar-refractivity contribution in [2.24, 2.45) is 0 Å². The van der Waals surface area contributed by atoms with Gasteiger partial charge in [-0.15, -0.1) is 0 Å². The highest BCUT2D eigenvalue weighted by Crippen LogP contribution is 2.30. The van der Waals surface area contributed by atoms with Crippen molar-refractivity contribution in [3.05, 3.63) is 35.9 Å². The Morgan fingerprint density at radius 2 is 2.15 bits per heavy atom. The van der Waals surface area contributed by atoms with Crippen LogP contribution in [0.25, 0.3) is 21.4 Å². The molecule has 0 amide bonds. The summed E-state index contributed by atoms with van der Waals surface area (Å²) in [6.07, 6.45) is 3.05. The molecule has 0 saturated heterocycles. The van der Waals surface area contributed by atoms with Gasteiger partial charge in [-0.3, -0.25) is 0 Å². The molecule has 3 heterocycles. The van der Waals surface area contributed by atoms with Crippen molar-refractivity contribution in [1.29, 1.82) is 0 Å². The van der Waals surface area contributed by atoms with E-state index < -0.39 is 0 Å². The van der Waals surface area contributed by atoms with Crippen LogP contribution in [0, 0.1) is 0 Å². The van der Waals surface area contributed by atoms with Crippen LogP contribution in [-0.4, -0.2) is 24.9 Å². The summed E-state index contributed by atoms with van der Waals surface area (Å²) in [6, 6.07) is 5.61. The lowest BCUT2D eigenvalue weighted by Crippen LogP contribution is -1.95. The largest absolute Gasteiger partial charge is 0.340 e. The molecule has 98 valence electrons. The van der Waals surface area contributed by atoms with E-state index in [1.807, 2.05) is 18.2 Å². The third-order valence-corrected chi connectivity index (χ3v) is 3.97. The molecular weight excluding hydrogens is 296 g/mol. The van der Waals surface area contributed by atoms with Crippen LogP contribution in [0.1, 0.15) is 0 Å². The molecule has 0 aliphatic carbocycles. The molecule has 8 heteroatoms. The Hall–Kier alpha value is -2.25. The van der Waals surface area contributed by atoms with Gasteiger partial charge in [0.15, 0.2) is 16.6 Å². The first kappa shape index (κ1) is 11.6. The lowest BCUT2D eigenvalue weighted by Gasteiger charge is -2.00. The van der Waals surface area contributed by atoms with Crippen LogP contribution in [0.5, 0.6) is 0 Å². The lowest BCUT2D eigenvalue weighted by atomic mass is 10.3. The minimum Gasteiger partial charge on any atom is -0.340 e. The molecule has 20 heavy (non-hydrogen) atoms. The maximum Gasteiger partial charge on any atom is 0.189 e. The summed E-state index contributed by atoms with van der Waals surface area (Å²) in [4.78, 5) is 19.9. The number of hydrogen-bond acceptors (Lipinski definition) is 6. The topological polar surface area (TPSA) is 79.4 Å². The second-order valence-electron chi connectivity index (χ2n) is 4.08. The van der Waals surface area contributed by atoms with Crippen molar-refractivity contribution in [2.75, 3.05) is 5.32 Å². The van der Waals surface area contributed by atoms with Gasteiger partial charge in [0.1, 0.15) is 11.8 Å². The summed E-state index contributed by atoms with van der Waals surface area (Å²) in [5.74, 6) is 0.651. The van der Waals surface area contributed by atoms with Gasteiger partial charge in [-0.2, -0.15) is 0 Å². The number of rotatable bonds is 2. The molecule has 0 atom stereocenters. The van der Waals surface area contributed by atoms with Crippen molar-refractivity contribution in [1.82, 2.24) is 24.9 Å². The van der Waals surface area contributed by atoms with E-state index in [2.05, 4.69) is 30.2 Å². The van der Waals surface area contributed by atoms with Crippen molar-refractivity contribution >= 4 is 55.3 Å². The molecule has 0 unspecified atom stereocenters. The fourth-order valence-electron chi connectivity index (χ4n) is 1.91. The molecule has 0 spiro atoms. The molecule has 0 bridgehead atoms. The molecule has 4 rings (SSSR count). The SMILES string of the molecule is Clc1ccc2nc(Nc3ncnc4nc[nH]c34)sc2c1. The minimum atomic E-state index is 0.617. The number of imidazole rings is 1. The van der Waals surface area contributed by atoms with Crippen LogP contribution in [-0.2, 0) is 0 Å². The number of aromatic amines is 1. The molecule has 0 saturated carbocycles. The van der Waals surface area contributed by atoms with Gasteiger partial charge in [0.2, 0.25) is 0 Å². The van der Waals surface area contributed by atoms with E-state index in [4.69, 9.17) is 11.6 Å². The summed E-state index contributed by atoms with van der Waals surface area (Å²) in [5, 5.41) is 4.63. The quantitative estimate of drug-likeness (QED) is 0.593. The van der Waals surface area contributed by atoms with E-state index in [9.17, 15) is 0 Å². The predicted octanol–water partition coefficient (Wildman–Crippen LogP) is 3.36. The van der Waals surface area contributed by atoms with Gasteiger partial charge in [0.05, 0.1) is 16.5 Å². The van der Waals surface area contributed by atoms with Crippen LogP contribution >= 0.6 is 22.9 Å². The molecule has 0 fully saturated rings. The summed E-state index contributed by atoms with van der Waals surface area (Å²) >= 11 is 7.49. The fourth-order valence-corrected chi connectivity index (χ4v) is 3.05. The number of anilines is 2. The predicted molar refractivity (Wildman–Crippen MR) is 79.6 cm³/mol. The maximum atomic E-state index is 5.98. The first-order valence-corrected chi connectivity index (χ1v) is 6.96. The molecule has 6 nitrogen and oxygen atoms in total. The van der Waals surface area contributed by atoms with Crippen molar-refractivity contribution in [3.63, 3.8) is 0 Å².